The third-order valence-corrected chi connectivity index (χ3v) is 3.45. The number of H-pyrrole nitrogens is 1. The summed E-state index contributed by atoms with van der Waals surface area (Å²) in [5.74, 6) is 5.27. The second-order valence-corrected chi connectivity index (χ2v) is 4.99. The number of carbonyl (C=O) groups is 1. The van der Waals surface area contributed by atoms with Gasteiger partial charge in [-0.1, -0.05) is 11.8 Å². The number of nitrogens with zero attached hydrogens (tertiary/aromatic N) is 1. The van der Waals surface area contributed by atoms with Crippen LogP contribution in [0.4, 0.5) is 0 Å². The lowest BCUT2D eigenvalue weighted by Crippen LogP contribution is -2.22. The molecule has 0 bridgehead atoms. The number of hydrogen-bond acceptors (Lipinski definition) is 4. The van der Waals surface area contributed by atoms with Crippen LogP contribution in [0.1, 0.15) is 25.8 Å². The molecule has 98 valence electrons. The monoisotopic (exact) mass is 275 g/mol. The van der Waals surface area contributed by atoms with E-state index in [0.717, 1.165) is 15.4 Å². The second-order valence-electron chi connectivity index (χ2n) is 3.82. The number of rotatable bonds is 3. The largest absolute Gasteiger partial charge is 0.384 e. The Hall–Kier alpha value is -2.10. The third-order valence-electron chi connectivity index (χ3n) is 2.45. The van der Waals surface area contributed by atoms with Crippen LogP contribution in [-0.4, -0.2) is 27.8 Å². The fourth-order valence-electron chi connectivity index (χ4n) is 1.51. The molecular weight excluding hydrogens is 262 g/mol. The summed E-state index contributed by atoms with van der Waals surface area (Å²) in [6.45, 7) is 2.11. The maximum absolute atomic E-state index is 11.9. The molecule has 3 N–H and O–H groups in total. The number of aromatic amines is 1. The maximum atomic E-state index is 11.9. The molecule has 0 aliphatic heterocycles. The molecule has 6 heteroatoms. The topological polar surface area (TPSA) is 78.0 Å². The first-order valence-corrected chi connectivity index (χ1v) is 6.49. The normalized spacial score (nSPS) is 9.79. The van der Waals surface area contributed by atoms with Crippen LogP contribution in [0, 0.1) is 18.8 Å². The van der Waals surface area contributed by atoms with Gasteiger partial charge in [-0.25, -0.2) is 0 Å². The minimum atomic E-state index is -0.150. The zero-order chi connectivity index (χ0) is 13.7. The highest BCUT2D eigenvalue weighted by Gasteiger charge is 2.10. The summed E-state index contributed by atoms with van der Waals surface area (Å²) in [4.78, 5) is 13.7. The zero-order valence-electron chi connectivity index (χ0n) is 10.4. The van der Waals surface area contributed by atoms with Crippen LogP contribution in [0.3, 0.4) is 0 Å². The lowest BCUT2D eigenvalue weighted by Gasteiger charge is -2.01. The Morgan fingerprint density at radius 2 is 2.42 bits per heavy atom. The number of aliphatic hydroxyl groups is 1. The number of carbonyl (C=O) groups excluding carboxylic acids is 1. The van der Waals surface area contributed by atoms with Crippen molar-refractivity contribution in [3.63, 3.8) is 0 Å². The van der Waals surface area contributed by atoms with Gasteiger partial charge in [0.15, 0.2) is 0 Å². The first-order chi connectivity index (χ1) is 9.20. The Bertz CT molecular complexity index is 634. The van der Waals surface area contributed by atoms with Crippen LogP contribution >= 0.6 is 11.3 Å². The van der Waals surface area contributed by atoms with Crippen LogP contribution in [0.15, 0.2) is 18.3 Å². The highest BCUT2D eigenvalue weighted by atomic mass is 32.1. The molecule has 0 spiro atoms. The molecule has 0 saturated heterocycles. The molecule has 0 radical (unpaired) electrons. The van der Waals surface area contributed by atoms with Crippen molar-refractivity contribution in [2.45, 2.75) is 13.5 Å². The molecule has 0 aliphatic carbocycles. The van der Waals surface area contributed by atoms with Crippen molar-refractivity contribution in [2.24, 2.45) is 0 Å². The smallest absolute Gasteiger partial charge is 0.255 e. The Morgan fingerprint density at radius 3 is 3.11 bits per heavy atom. The van der Waals surface area contributed by atoms with Gasteiger partial charge < -0.3 is 10.4 Å². The van der Waals surface area contributed by atoms with E-state index in [9.17, 15) is 4.79 Å². The summed E-state index contributed by atoms with van der Waals surface area (Å²) >= 11 is 1.49. The molecule has 0 atom stereocenters. The highest BCUT2D eigenvalue weighted by molar-refractivity contribution is 7.12. The average Bonchev–Trinajstić information content (AvgIpc) is 3.02. The predicted octanol–water partition coefficient (Wildman–Crippen LogP) is 1.05. The summed E-state index contributed by atoms with van der Waals surface area (Å²) < 4.78 is 0. The van der Waals surface area contributed by atoms with E-state index in [1.54, 1.807) is 6.92 Å². The Morgan fingerprint density at radius 1 is 1.58 bits per heavy atom. The van der Waals surface area contributed by atoms with Crippen LogP contribution in [0.25, 0.3) is 0 Å². The van der Waals surface area contributed by atoms with Crippen molar-refractivity contribution in [3.05, 3.63) is 39.3 Å². The van der Waals surface area contributed by atoms with Gasteiger partial charge in [0, 0.05) is 10.6 Å². The first-order valence-electron chi connectivity index (χ1n) is 5.67. The van der Waals surface area contributed by atoms with Crippen molar-refractivity contribution >= 4 is 17.2 Å². The summed E-state index contributed by atoms with van der Waals surface area (Å²) in [6, 6.07) is 3.78. The fourth-order valence-corrected chi connectivity index (χ4v) is 2.33. The van der Waals surface area contributed by atoms with Crippen molar-refractivity contribution in [1.29, 1.82) is 0 Å². The number of aromatic nitrogens is 2. The van der Waals surface area contributed by atoms with E-state index in [1.165, 1.54) is 17.5 Å². The summed E-state index contributed by atoms with van der Waals surface area (Å²) in [5, 5.41) is 18.0. The van der Waals surface area contributed by atoms with Gasteiger partial charge in [0.05, 0.1) is 23.2 Å². The molecule has 2 aromatic rings. The minimum absolute atomic E-state index is 0.149. The molecule has 2 heterocycles. The van der Waals surface area contributed by atoms with E-state index in [1.807, 2.05) is 12.1 Å². The van der Waals surface area contributed by atoms with Crippen LogP contribution in [-0.2, 0) is 6.54 Å². The first kappa shape index (κ1) is 13.3. The van der Waals surface area contributed by atoms with E-state index >= 15 is 0 Å². The molecule has 0 aromatic carbocycles. The number of amides is 1. The van der Waals surface area contributed by atoms with Crippen LogP contribution < -0.4 is 5.32 Å². The zero-order valence-corrected chi connectivity index (χ0v) is 11.2. The molecule has 1 amide bonds. The second kappa shape index (κ2) is 6.18. The summed E-state index contributed by atoms with van der Waals surface area (Å²) in [7, 11) is 0. The fraction of sp³-hybridized carbons (Fsp3) is 0.231. The quantitative estimate of drug-likeness (QED) is 0.733. The van der Waals surface area contributed by atoms with Crippen LogP contribution in [0.5, 0.6) is 0 Å². The molecule has 0 saturated carbocycles. The number of aryl methyl sites for hydroxylation is 1. The molecule has 2 rings (SSSR count). The van der Waals surface area contributed by atoms with E-state index in [2.05, 4.69) is 27.4 Å². The molecule has 2 aromatic heterocycles. The number of nitrogens with one attached hydrogen (secondary N) is 2. The Labute approximate surface area is 114 Å². The van der Waals surface area contributed by atoms with E-state index in [4.69, 9.17) is 5.11 Å². The van der Waals surface area contributed by atoms with Crippen LogP contribution in [0.2, 0.25) is 0 Å². The van der Waals surface area contributed by atoms with Gasteiger partial charge in [-0.05, 0) is 19.1 Å². The molecule has 5 nitrogen and oxygen atoms in total. The van der Waals surface area contributed by atoms with Crippen molar-refractivity contribution in [1.82, 2.24) is 15.5 Å². The highest BCUT2D eigenvalue weighted by Crippen LogP contribution is 2.15. The molecular formula is C13H13N3O2S. The van der Waals surface area contributed by atoms with E-state index < -0.39 is 0 Å². The lowest BCUT2D eigenvalue weighted by atomic mass is 10.2. The number of hydrogen-bond donors (Lipinski definition) is 3. The number of aliphatic hydroxyl groups excluding tert-OH is 1. The molecule has 0 aliphatic rings. The molecule has 0 unspecified atom stereocenters. The predicted molar refractivity (Wildman–Crippen MR) is 72.8 cm³/mol. The van der Waals surface area contributed by atoms with Crippen molar-refractivity contribution < 1.29 is 9.90 Å². The SMILES string of the molecule is Cc1[nH]ncc1C(=O)NCc1ccc(C#CCO)s1. The Balaban J connectivity index is 1.94. The van der Waals surface area contributed by atoms with E-state index in [-0.39, 0.29) is 12.5 Å². The summed E-state index contributed by atoms with van der Waals surface area (Å²) in [6.07, 6.45) is 1.51. The van der Waals surface area contributed by atoms with Gasteiger partial charge >= 0.3 is 0 Å². The van der Waals surface area contributed by atoms with Gasteiger partial charge in [0.25, 0.3) is 5.91 Å². The van der Waals surface area contributed by atoms with Crippen molar-refractivity contribution in [2.75, 3.05) is 6.61 Å². The van der Waals surface area contributed by atoms with E-state index in [0.29, 0.717) is 12.1 Å². The lowest BCUT2D eigenvalue weighted by molar-refractivity contribution is 0.0951. The Kier molecular flexibility index (Phi) is 4.34. The standard InChI is InChI=1S/C13H13N3O2S/c1-9-12(8-15-16-9)13(18)14-7-11-5-4-10(19-11)3-2-6-17/h4-5,8,17H,6-7H2,1H3,(H,14,18)(H,15,16). The van der Waals surface area contributed by atoms with Gasteiger partial charge in [-0.2, -0.15) is 5.10 Å². The van der Waals surface area contributed by atoms with Gasteiger partial charge in [-0.15, -0.1) is 11.3 Å². The van der Waals surface area contributed by atoms with Gasteiger partial charge in [0.1, 0.15) is 6.61 Å². The number of thiophene rings is 1. The maximum Gasteiger partial charge on any atom is 0.255 e. The van der Waals surface area contributed by atoms with Gasteiger partial charge in [-0.3, -0.25) is 9.89 Å². The summed E-state index contributed by atoms with van der Waals surface area (Å²) in [5.41, 5.74) is 1.30. The van der Waals surface area contributed by atoms with Gasteiger partial charge in [0.2, 0.25) is 0 Å². The van der Waals surface area contributed by atoms with Crippen molar-refractivity contribution in [3.8, 4) is 11.8 Å². The minimum Gasteiger partial charge on any atom is -0.384 e. The molecule has 0 fully saturated rings. The average molecular weight is 275 g/mol. The molecule has 19 heavy (non-hydrogen) atoms. The third kappa shape index (κ3) is 3.44.